The fourth-order valence-electron chi connectivity index (χ4n) is 2.79. The average Bonchev–Trinajstić information content (AvgIpc) is 2.90. The van der Waals surface area contributed by atoms with Crippen LogP contribution in [0.4, 0.5) is 11.4 Å². The van der Waals surface area contributed by atoms with Gasteiger partial charge in [0, 0.05) is 6.42 Å². The normalized spacial score (nSPS) is 12.6. The Morgan fingerprint density at radius 3 is 1.33 bits per heavy atom. The Morgan fingerprint density at radius 2 is 1.03 bits per heavy atom. The van der Waals surface area contributed by atoms with Crippen molar-refractivity contribution in [2.45, 2.75) is 34.1 Å². The minimum absolute atomic E-state index is 0.158. The Labute approximate surface area is 226 Å². The lowest BCUT2D eigenvalue weighted by Crippen LogP contribution is -2.07. The number of ether oxygens (including phenoxy) is 4. The molecule has 12 heteroatoms. The zero-order valence-electron chi connectivity index (χ0n) is 22.3. The van der Waals surface area contributed by atoms with Gasteiger partial charge in [0.2, 0.25) is 11.4 Å². The quantitative estimate of drug-likeness (QED) is 0.0913. The van der Waals surface area contributed by atoms with E-state index in [1.807, 2.05) is 0 Å². The van der Waals surface area contributed by atoms with Gasteiger partial charge in [-0.25, -0.2) is 9.59 Å². The summed E-state index contributed by atoms with van der Waals surface area (Å²) in [5.74, 6) is -0.817. The van der Waals surface area contributed by atoms with E-state index in [1.54, 1.807) is 62.4 Å². The molecule has 2 aromatic rings. The topological polar surface area (TPSA) is 161 Å². The maximum Gasteiger partial charge on any atom is 0.362 e. The monoisotopic (exact) mass is 540 g/mol. The standard InChI is InChI=1S/C27H32N4O8/c1-5-36-26(34)24(18(3)32)30-28-20-8-12-22(13-9-20)38-16-7-17-39-23-14-10-21(11-15-23)29-31-25(19(4)33)27(35)37-6-2/h8-15,32-33H,5-7,16-17H2,1-4H3/b24-18-,25-19-,30-28?,31-29?. The van der Waals surface area contributed by atoms with Gasteiger partial charge in [0.1, 0.15) is 23.0 Å². The second-order valence-corrected chi connectivity index (χ2v) is 7.75. The first-order valence-corrected chi connectivity index (χ1v) is 12.2. The molecule has 2 aromatic carbocycles. The SMILES string of the molecule is CCOC(=O)/C(N=Nc1ccc(OCCCOc2ccc(N=N/C(C(=O)OCC)=C(/C)O)cc2)cc1)=C(\C)O. The van der Waals surface area contributed by atoms with E-state index in [0.717, 1.165) is 0 Å². The number of rotatable bonds is 14. The van der Waals surface area contributed by atoms with Crippen molar-refractivity contribution in [2.24, 2.45) is 20.5 Å². The molecule has 0 aliphatic carbocycles. The van der Waals surface area contributed by atoms with E-state index in [2.05, 4.69) is 20.5 Å². The number of aliphatic hydroxyl groups is 2. The lowest BCUT2D eigenvalue weighted by atomic mass is 10.3. The molecule has 0 unspecified atom stereocenters. The van der Waals surface area contributed by atoms with Crippen LogP contribution in [0, 0.1) is 0 Å². The third kappa shape index (κ3) is 10.6. The molecular formula is C27H32N4O8. The Balaban J connectivity index is 1.78. The predicted molar refractivity (Wildman–Crippen MR) is 141 cm³/mol. The number of allylic oxidation sites excluding steroid dienone is 2. The van der Waals surface area contributed by atoms with Gasteiger partial charge in [0.25, 0.3) is 0 Å². The minimum atomic E-state index is -0.750. The third-order valence-corrected chi connectivity index (χ3v) is 4.65. The summed E-state index contributed by atoms with van der Waals surface area (Å²) >= 11 is 0. The molecule has 0 aliphatic rings. The van der Waals surface area contributed by atoms with E-state index in [0.29, 0.717) is 42.5 Å². The Morgan fingerprint density at radius 1 is 0.667 bits per heavy atom. The second-order valence-electron chi connectivity index (χ2n) is 7.75. The van der Waals surface area contributed by atoms with Crippen molar-refractivity contribution < 1.29 is 38.7 Å². The van der Waals surface area contributed by atoms with Crippen LogP contribution < -0.4 is 9.47 Å². The maximum atomic E-state index is 11.8. The summed E-state index contributed by atoms with van der Waals surface area (Å²) in [4.78, 5) is 23.6. The van der Waals surface area contributed by atoms with E-state index in [1.165, 1.54) is 13.8 Å². The number of benzene rings is 2. The molecule has 0 aliphatic heterocycles. The van der Waals surface area contributed by atoms with E-state index in [9.17, 15) is 19.8 Å². The first kappa shape index (κ1) is 30.5. The molecule has 2 rings (SSSR count). The fraction of sp³-hybridized carbons (Fsp3) is 0.333. The molecule has 0 fully saturated rings. The molecule has 0 saturated carbocycles. The largest absolute Gasteiger partial charge is 0.510 e. The summed E-state index contributed by atoms with van der Waals surface area (Å²) in [5, 5.41) is 34.7. The molecule has 208 valence electrons. The van der Waals surface area contributed by atoms with Crippen molar-refractivity contribution in [3.8, 4) is 11.5 Å². The van der Waals surface area contributed by atoms with Crippen LogP contribution in [-0.2, 0) is 19.1 Å². The number of hydrogen-bond donors (Lipinski definition) is 2. The van der Waals surface area contributed by atoms with Crippen LogP contribution in [0.5, 0.6) is 11.5 Å². The van der Waals surface area contributed by atoms with E-state index >= 15 is 0 Å². The number of hydrogen-bond acceptors (Lipinski definition) is 12. The first-order chi connectivity index (χ1) is 18.7. The molecular weight excluding hydrogens is 508 g/mol. The summed E-state index contributed by atoms with van der Waals surface area (Å²) in [6.07, 6.45) is 0.621. The fourth-order valence-corrected chi connectivity index (χ4v) is 2.79. The lowest BCUT2D eigenvalue weighted by molar-refractivity contribution is -0.139. The summed E-state index contributed by atoms with van der Waals surface area (Å²) in [6.45, 7) is 7.11. The molecule has 0 amide bonds. The van der Waals surface area contributed by atoms with Crippen molar-refractivity contribution in [3.05, 3.63) is 71.4 Å². The highest BCUT2D eigenvalue weighted by molar-refractivity contribution is 5.88. The van der Waals surface area contributed by atoms with E-state index in [-0.39, 0.29) is 36.1 Å². The van der Waals surface area contributed by atoms with Gasteiger partial charge >= 0.3 is 11.9 Å². The molecule has 0 spiro atoms. The predicted octanol–water partition coefficient (Wildman–Crippen LogP) is 6.41. The van der Waals surface area contributed by atoms with Gasteiger partial charge in [-0.2, -0.15) is 10.2 Å². The molecule has 2 N–H and O–H groups in total. The van der Waals surface area contributed by atoms with Gasteiger partial charge in [-0.15, -0.1) is 10.2 Å². The number of carbonyl (C=O) groups is 2. The number of aliphatic hydroxyl groups excluding tert-OH is 2. The third-order valence-electron chi connectivity index (χ3n) is 4.65. The van der Waals surface area contributed by atoms with Crippen LogP contribution in [-0.4, -0.2) is 48.6 Å². The Kier molecular flexibility index (Phi) is 12.6. The van der Waals surface area contributed by atoms with Gasteiger partial charge < -0.3 is 29.2 Å². The maximum absolute atomic E-state index is 11.8. The zero-order valence-corrected chi connectivity index (χ0v) is 22.3. The van der Waals surface area contributed by atoms with Gasteiger partial charge in [-0.3, -0.25) is 0 Å². The van der Waals surface area contributed by atoms with Gasteiger partial charge in [0.05, 0.1) is 37.8 Å². The highest BCUT2D eigenvalue weighted by atomic mass is 16.5. The molecule has 0 bridgehead atoms. The summed E-state index contributed by atoms with van der Waals surface area (Å²) in [5.41, 5.74) is 0.425. The van der Waals surface area contributed by atoms with Crippen molar-refractivity contribution in [1.29, 1.82) is 0 Å². The summed E-state index contributed by atoms with van der Waals surface area (Å²) in [6, 6.07) is 13.5. The van der Waals surface area contributed by atoms with Crippen molar-refractivity contribution in [2.75, 3.05) is 26.4 Å². The summed E-state index contributed by atoms with van der Waals surface area (Å²) in [7, 11) is 0. The molecule has 0 saturated heterocycles. The summed E-state index contributed by atoms with van der Waals surface area (Å²) < 4.78 is 21.1. The van der Waals surface area contributed by atoms with Crippen LogP contribution in [0.2, 0.25) is 0 Å². The molecule has 0 radical (unpaired) electrons. The van der Waals surface area contributed by atoms with Crippen LogP contribution >= 0.6 is 0 Å². The highest BCUT2D eigenvalue weighted by Crippen LogP contribution is 2.22. The van der Waals surface area contributed by atoms with Gasteiger partial charge in [-0.1, -0.05) is 0 Å². The highest BCUT2D eigenvalue weighted by Gasteiger charge is 2.14. The van der Waals surface area contributed by atoms with E-state index in [4.69, 9.17) is 18.9 Å². The number of carbonyl (C=O) groups excluding carboxylic acids is 2. The second kappa shape index (κ2) is 16.2. The number of azo groups is 2. The number of nitrogens with zero attached hydrogens (tertiary/aromatic N) is 4. The Bertz CT molecular complexity index is 1120. The van der Waals surface area contributed by atoms with Crippen LogP contribution in [0.15, 0.2) is 91.9 Å². The van der Waals surface area contributed by atoms with Crippen LogP contribution in [0.1, 0.15) is 34.1 Å². The van der Waals surface area contributed by atoms with Crippen molar-refractivity contribution in [3.63, 3.8) is 0 Å². The lowest BCUT2D eigenvalue weighted by Gasteiger charge is -2.08. The van der Waals surface area contributed by atoms with Crippen LogP contribution in [0.25, 0.3) is 0 Å². The van der Waals surface area contributed by atoms with Crippen molar-refractivity contribution >= 4 is 23.3 Å². The Hall–Kier alpha value is -4.74. The van der Waals surface area contributed by atoms with Gasteiger partial charge in [0.15, 0.2) is 0 Å². The van der Waals surface area contributed by atoms with Gasteiger partial charge in [-0.05, 0) is 76.2 Å². The molecule has 12 nitrogen and oxygen atoms in total. The van der Waals surface area contributed by atoms with Crippen molar-refractivity contribution in [1.82, 2.24) is 0 Å². The molecule has 0 aromatic heterocycles. The van der Waals surface area contributed by atoms with Crippen LogP contribution in [0.3, 0.4) is 0 Å². The molecule has 39 heavy (non-hydrogen) atoms. The van der Waals surface area contributed by atoms with E-state index < -0.39 is 11.9 Å². The zero-order chi connectivity index (χ0) is 28.6. The molecule has 0 atom stereocenters. The minimum Gasteiger partial charge on any atom is -0.510 e. The number of esters is 2. The average molecular weight is 541 g/mol. The first-order valence-electron chi connectivity index (χ1n) is 12.2. The molecule has 0 heterocycles. The smallest absolute Gasteiger partial charge is 0.362 e.